The number of anilines is 1. The summed E-state index contributed by atoms with van der Waals surface area (Å²) in [5, 5.41) is 0. The molecule has 0 radical (unpaired) electrons. The van der Waals surface area contributed by atoms with Crippen LogP contribution in [0.2, 0.25) is 0 Å². The standard InChI is InChI=1S/C7H5NO3/c1-2-5-7(8)6(3-10-5)11-4-9/h1,3-4H,8H2. The zero-order valence-corrected chi connectivity index (χ0v) is 5.53. The fourth-order valence-electron chi connectivity index (χ4n) is 0.606. The van der Waals surface area contributed by atoms with Crippen LogP contribution in [0.15, 0.2) is 10.7 Å². The molecule has 0 bridgehead atoms. The largest absolute Gasteiger partial charge is 0.450 e. The van der Waals surface area contributed by atoms with Crippen molar-refractivity contribution >= 4 is 12.2 Å². The number of nitrogens with two attached hydrogens (primary N) is 1. The average molecular weight is 151 g/mol. The second-order valence-corrected chi connectivity index (χ2v) is 1.70. The molecular weight excluding hydrogens is 146 g/mol. The molecule has 1 aromatic rings. The minimum atomic E-state index is 0.146. The number of rotatable bonds is 2. The van der Waals surface area contributed by atoms with Crippen LogP contribution < -0.4 is 10.5 Å². The van der Waals surface area contributed by atoms with Crippen molar-refractivity contribution in [3.05, 3.63) is 12.0 Å². The molecule has 0 spiro atoms. The van der Waals surface area contributed by atoms with Crippen molar-refractivity contribution in [2.45, 2.75) is 0 Å². The summed E-state index contributed by atoms with van der Waals surface area (Å²) in [6.45, 7) is 0.251. The summed E-state index contributed by atoms with van der Waals surface area (Å²) in [5.74, 6) is 2.50. The fraction of sp³-hybridized carbons (Fsp3) is 0. The summed E-state index contributed by atoms with van der Waals surface area (Å²) in [7, 11) is 0. The molecule has 0 aliphatic heterocycles. The van der Waals surface area contributed by atoms with Gasteiger partial charge in [0, 0.05) is 0 Å². The van der Waals surface area contributed by atoms with Crippen molar-refractivity contribution in [1.29, 1.82) is 0 Å². The van der Waals surface area contributed by atoms with Gasteiger partial charge in [0.1, 0.15) is 12.0 Å². The fourth-order valence-corrected chi connectivity index (χ4v) is 0.606. The molecule has 0 fully saturated rings. The van der Waals surface area contributed by atoms with Crippen LogP contribution in [-0.4, -0.2) is 6.47 Å². The van der Waals surface area contributed by atoms with Crippen LogP contribution in [0.25, 0.3) is 0 Å². The van der Waals surface area contributed by atoms with E-state index in [9.17, 15) is 4.79 Å². The molecule has 0 aliphatic rings. The lowest BCUT2D eigenvalue weighted by Crippen LogP contribution is -1.92. The predicted molar refractivity (Wildman–Crippen MR) is 37.7 cm³/mol. The topological polar surface area (TPSA) is 65.5 Å². The van der Waals surface area contributed by atoms with Crippen LogP contribution in [-0.2, 0) is 4.79 Å². The van der Waals surface area contributed by atoms with E-state index in [2.05, 4.69) is 10.7 Å². The monoisotopic (exact) mass is 151 g/mol. The minimum absolute atomic E-state index is 0.146. The summed E-state index contributed by atoms with van der Waals surface area (Å²) in [6.07, 6.45) is 6.17. The zero-order chi connectivity index (χ0) is 8.27. The van der Waals surface area contributed by atoms with E-state index >= 15 is 0 Å². The van der Waals surface area contributed by atoms with Gasteiger partial charge in [0.05, 0.1) is 0 Å². The first-order valence-electron chi connectivity index (χ1n) is 2.73. The van der Waals surface area contributed by atoms with Gasteiger partial charge in [-0.15, -0.1) is 6.42 Å². The summed E-state index contributed by atoms with van der Waals surface area (Å²) in [4.78, 5) is 9.85. The van der Waals surface area contributed by atoms with E-state index in [1.807, 2.05) is 0 Å². The number of carbonyl (C=O) groups excluding carboxylic acids is 1. The lowest BCUT2D eigenvalue weighted by molar-refractivity contribution is -0.120. The van der Waals surface area contributed by atoms with Gasteiger partial charge in [0.25, 0.3) is 6.47 Å². The molecule has 0 unspecified atom stereocenters. The van der Waals surface area contributed by atoms with E-state index in [-0.39, 0.29) is 23.7 Å². The molecule has 1 heterocycles. The number of hydrogen-bond donors (Lipinski definition) is 1. The highest BCUT2D eigenvalue weighted by molar-refractivity contribution is 5.63. The first-order valence-corrected chi connectivity index (χ1v) is 2.73. The predicted octanol–water partition coefficient (Wildman–Crippen LogP) is 0.378. The molecule has 2 N–H and O–H groups in total. The third kappa shape index (κ3) is 1.17. The smallest absolute Gasteiger partial charge is 0.298 e. The molecule has 0 saturated heterocycles. The molecule has 1 aromatic heterocycles. The van der Waals surface area contributed by atoms with Crippen LogP contribution in [0.3, 0.4) is 0 Å². The Labute approximate surface area is 62.9 Å². The van der Waals surface area contributed by atoms with Crippen LogP contribution in [0.1, 0.15) is 5.76 Å². The third-order valence-corrected chi connectivity index (χ3v) is 1.10. The van der Waals surface area contributed by atoms with Gasteiger partial charge in [-0.1, -0.05) is 0 Å². The lowest BCUT2D eigenvalue weighted by atomic mass is 10.4. The summed E-state index contributed by atoms with van der Waals surface area (Å²) < 4.78 is 9.18. The van der Waals surface area contributed by atoms with Gasteiger partial charge >= 0.3 is 0 Å². The Balaban J connectivity index is 3.02. The Morgan fingerprint density at radius 1 is 1.82 bits per heavy atom. The first kappa shape index (κ1) is 7.22. The van der Waals surface area contributed by atoms with Gasteiger partial charge in [-0.05, 0) is 5.92 Å². The second-order valence-electron chi connectivity index (χ2n) is 1.70. The van der Waals surface area contributed by atoms with Crippen LogP contribution in [0.5, 0.6) is 5.75 Å². The third-order valence-electron chi connectivity index (χ3n) is 1.10. The van der Waals surface area contributed by atoms with Gasteiger partial charge < -0.3 is 14.9 Å². The molecule has 4 heteroatoms. The number of carbonyl (C=O) groups is 1. The maximum absolute atomic E-state index is 9.85. The molecule has 0 amide bonds. The molecule has 0 aliphatic carbocycles. The second kappa shape index (κ2) is 2.80. The van der Waals surface area contributed by atoms with E-state index < -0.39 is 0 Å². The van der Waals surface area contributed by atoms with E-state index in [1.54, 1.807) is 0 Å². The number of nitrogen functional groups attached to an aromatic ring is 1. The highest BCUT2D eigenvalue weighted by Gasteiger charge is 2.08. The molecule has 0 atom stereocenters. The molecule has 0 aromatic carbocycles. The maximum atomic E-state index is 9.85. The Bertz CT molecular complexity index is 308. The van der Waals surface area contributed by atoms with Crippen molar-refractivity contribution in [3.8, 4) is 18.1 Å². The number of furan rings is 1. The Morgan fingerprint density at radius 3 is 3.00 bits per heavy atom. The van der Waals surface area contributed by atoms with Crippen LogP contribution >= 0.6 is 0 Å². The van der Waals surface area contributed by atoms with Gasteiger partial charge in [-0.25, -0.2) is 0 Å². The van der Waals surface area contributed by atoms with Gasteiger partial charge in [0.2, 0.25) is 5.76 Å². The summed E-state index contributed by atoms with van der Waals surface area (Å²) in [5.41, 5.74) is 5.55. The van der Waals surface area contributed by atoms with E-state index in [4.69, 9.17) is 16.6 Å². The lowest BCUT2D eigenvalue weighted by Gasteiger charge is -1.90. The SMILES string of the molecule is C#Cc1occ(OC=O)c1N. The van der Waals surface area contributed by atoms with Gasteiger partial charge in [0.15, 0.2) is 5.75 Å². The summed E-state index contributed by atoms with van der Waals surface area (Å²) in [6, 6.07) is 0. The van der Waals surface area contributed by atoms with Crippen molar-refractivity contribution in [3.63, 3.8) is 0 Å². The molecule has 0 saturated carbocycles. The number of hydrogen-bond acceptors (Lipinski definition) is 4. The van der Waals surface area contributed by atoms with Gasteiger partial charge in [-0.3, -0.25) is 4.79 Å². The van der Waals surface area contributed by atoms with Gasteiger partial charge in [-0.2, -0.15) is 0 Å². The van der Waals surface area contributed by atoms with Crippen molar-refractivity contribution in [1.82, 2.24) is 0 Å². The molecule has 4 nitrogen and oxygen atoms in total. The molecule has 1 rings (SSSR count). The highest BCUT2D eigenvalue weighted by atomic mass is 16.5. The van der Waals surface area contributed by atoms with Crippen molar-refractivity contribution in [2.75, 3.05) is 5.73 Å². The number of ether oxygens (including phenoxy) is 1. The van der Waals surface area contributed by atoms with E-state index in [0.717, 1.165) is 0 Å². The van der Waals surface area contributed by atoms with Crippen LogP contribution in [0, 0.1) is 12.3 Å². The van der Waals surface area contributed by atoms with Crippen molar-refractivity contribution in [2.24, 2.45) is 0 Å². The molecule has 11 heavy (non-hydrogen) atoms. The Morgan fingerprint density at radius 2 is 2.55 bits per heavy atom. The van der Waals surface area contributed by atoms with E-state index in [1.165, 1.54) is 6.26 Å². The van der Waals surface area contributed by atoms with E-state index in [0.29, 0.717) is 0 Å². The Hall–Kier alpha value is -1.89. The highest BCUT2D eigenvalue weighted by Crippen LogP contribution is 2.26. The minimum Gasteiger partial charge on any atom is -0.450 e. The molecular formula is C7H5NO3. The quantitative estimate of drug-likeness (QED) is 0.490. The average Bonchev–Trinajstić information content (AvgIpc) is 2.34. The van der Waals surface area contributed by atoms with Crippen LogP contribution in [0.4, 0.5) is 5.69 Å². The zero-order valence-electron chi connectivity index (χ0n) is 5.53. The Kier molecular flexibility index (Phi) is 1.83. The molecule has 56 valence electrons. The summed E-state index contributed by atoms with van der Waals surface area (Å²) >= 11 is 0. The number of terminal acetylenes is 1. The maximum Gasteiger partial charge on any atom is 0.298 e. The normalized spacial score (nSPS) is 8.64. The first-order chi connectivity index (χ1) is 5.29. The van der Waals surface area contributed by atoms with Crippen molar-refractivity contribution < 1.29 is 13.9 Å².